The van der Waals surface area contributed by atoms with Crippen molar-refractivity contribution in [3.05, 3.63) is 102 Å². The second kappa shape index (κ2) is 7.21. The molecule has 1 amide bonds. The molecular formula is C26H17F3N2O3. The van der Waals surface area contributed by atoms with Gasteiger partial charge >= 0.3 is 6.18 Å². The number of nitrogens with zero attached hydrogens (tertiary/aromatic N) is 1. The highest BCUT2D eigenvalue weighted by Gasteiger charge is 2.60. The second-order valence-corrected chi connectivity index (χ2v) is 8.33. The summed E-state index contributed by atoms with van der Waals surface area (Å²) >= 11 is 0. The molecule has 0 bridgehead atoms. The highest BCUT2D eigenvalue weighted by molar-refractivity contribution is 6.10. The maximum absolute atomic E-state index is 13.6. The number of fused-ring (bicyclic) bond motifs is 4. The zero-order valence-corrected chi connectivity index (χ0v) is 17.6. The van der Waals surface area contributed by atoms with Gasteiger partial charge in [0.15, 0.2) is 0 Å². The van der Waals surface area contributed by atoms with Crippen LogP contribution in [-0.2, 0) is 22.8 Å². The monoisotopic (exact) mass is 462 g/mol. The molecule has 34 heavy (non-hydrogen) atoms. The first-order valence-corrected chi connectivity index (χ1v) is 10.7. The van der Waals surface area contributed by atoms with Crippen LogP contribution in [0, 0.1) is 0 Å². The molecule has 5 nitrogen and oxygen atoms in total. The number of halogens is 3. The first kappa shape index (κ1) is 20.5. The number of carbonyl (C=O) groups is 1. The van der Waals surface area contributed by atoms with Gasteiger partial charge in [-0.3, -0.25) is 9.78 Å². The number of hydrogen-bond acceptors (Lipinski definition) is 4. The third-order valence-corrected chi connectivity index (χ3v) is 6.44. The molecule has 0 saturated carbocycles. The third kappa shape index (κ3) is 2.95. The molecule has 170 valence electrons. The molecule has 0 saturated heterocycles. The lowest BCUT2D eigenvalue weighted by molar-refractivity contribution is -0.153. The Hall–Kier alpha value is -4.07. The van der Waals surface area contributed by atoms with E-state index >= 15 is 0 Å². The normalized spacial score (nSPS) is 20.7. The molecule has 1 unspecified atom stereocenters. The fraction of sp³-hybridized carbons (Fsp3) is 0.154. The maximum Gasteiger partial charge on any atom is 0.449 e. The molecule has 4 heterocycles. The van der Waals surface area contributed by atoms with Crippen molar-refractivity contribution in [1.29, 1.82) is 0 Å². The Labute approximate surface area is 192 Å². The van der Waals surface area contributed by atoms with E-state index in [2.05, 4.69) is 10.3 Å². The second-order valence-electron chi connectivity index (χ2n) is 8.33. The summed E-state index contributed by atoms with van der Waals surface area (Å²) in [7, 11) is 0. The van der Waals surface area contributed by atoms with Crippen molar-refractivity contribution in [2.75, 3.05) is 5.32 Å². The van der Waals surface area contributed by atoms with Gasteiger partial charge in [-0.2, -0.15) is 13.2 Å². The highest BCUT2D eigenvalue weighted by atomic mass is 19.4. The van der Waals surface area contributed by atoms with Gasteiger partial charge in [0.05, 0.1) is 0 Å². The molecule has 6 rings (SSSR count). The van der Waals surface area contributed by atoms with E-state index in [-0.39, 0.29) is 18.1 Å². The minimum Gasteiger partial charge on any atom is -0.488 e. The molecule has 0 aliphatic carbocycles. The van der Waals surface area contributed by atoms with Crippen LogP contribution in [0.25, 0.3) is 11.1 Å². The van der Waals surface area contributed by atoms with Gasteiger partial charge in [0, 0.05) is 35.6 Å². The summed E-state index contributed by atoms with van der Waals surface area (Å²) in [5, 5.41) is 2.93. The molecule has 2 aromatic heterocycles. The SMILES string of the molecule is O=C1Nc2ccccc2C12c1cc(-c3cccnc3)ccc1O[C@@H]2Cc1ccc(C(F)(F)F)o1. The van der Waals surface area contributed by atoms with Crippen LogP contribution in [0.5, 0.6) is 5.75 Å². The van der Waals surface area contributed by atoms with Crippen molar-refractivity contribution < 1.29 is 27.1 Å². The van der Waals surface area contributed by atoms with Crippen molar-refractivity contribution in [2.24, 2.45) is 0 Å². The summed E-state index contributed by atoms with van der Waals surface area (Å²) in [5.74, 6) is -0.771. The van der Waals surface area contributed by atoms with Crippen LogP contribution < -0.4 is 10.1 Å². The van der Waals surface area contributed by atoms with E-state index < -0.39 is 23.5 Å². The van der Waals surface area contributed by atoms with Crippen molar-refractivity contribution in [1.82, 2.24) is 4.98 Å². The molecule has 1 spiro atoms. The predicted octanol–water partition coefficient (Wildman–Crippen LogP) is 5.60. The maximum atomic E-state index is 13.6. The van der Waals surface area contributed by atoms with E-state index in [4.69, 9.17) is 9.15 Å². The van der Waals surface area contributed by atoms with Crippen molar-refractivity contribution in [2.45, 2.75) is 24.1 Å². The topological polar surface area (TPSA) is 64.4 Å². The minimum absolute atomic E-state index is 0.0191. The number of carbonyl (C=O) groups excluding carboxylic acids is 1. The van der Waals surface area contributed by atoms with Crippen LogP contribution in [0.15, 0.2) is 83.5 Å². The summed E-state index contributed by atoms with van der Waals surface area (Å²) in [6.45, 7) is 0. The number of hydrogen-bond donors (Lipinski definition) is 1. The zero-order valence-electron chi connectivity index (χ0n) is 17.6. The van der Waals surface area contributed by atoms with Crippen LogP contribution >= 0.6 is 0 Å². The summed E-state index contributed by atoms with van der Waals surface area (Å²) in [5.41, 5.74) is 2.51. The molecule has 8 heteroatoms. The largest absolute Gasteiger partial charge is 0.488 e. The lowest BCUT2D eigenvalue weighted by Gasteiger charge is -2.28. The number of para-hydroxylation sites is 1. The number of pyridine rings is 1. The summed E-state index contributed by atoms with van der Waals surface area (Å²) < 4.78 is 50.6. The minimum atomic E-state index is -4.59. The van der Waals surface area contributed by atoms with Gasteiger partial charge in [-0.05, 0) is 47.5 Å². The Morgan fingerprint density at radius 2 is 1.82 bits per heavy atom. The first-order valence-electron chi connectivity index (χ1n) is 10.7. The van der Waals surface area contributed by atoms with Crippen molar-refractivity contribution in [3.63, 3.8) is 0 Å². The number of alkyl halides is 3. The molecule has 0 fully saturated rings. The molecule has 2 aliphatic rings. The zero-order chi connectivity index (χ0) is 23.5. The van der Waals surface area contributed by atoms with Crippen molar-refractivity contribution >= 4 is 11.6 Å². The number of rotatable bonds is 3. The number of benzene rings is 2. The van der Waals surface area contributed by atoms with Gasteiger partial charge in [-0.25, -0.2) is 0 Å². The third-order valence-electron chi connectivity index (χ3n) is 6.44. The Morgan fingerprint density at radius 1 is 0.971 bits per heavy atom. The number of furan rings is 1. The molecule has 2 atom stereocenters. The van der Waals surface area contributed by atoms with Gasteiger partial charge in [-0.15, -0.1) is 0 Å². The van der Waals surface area contributed by atoms with Crippen LogP contribution in [0.3, 0.4) is 0 Å². The van der Waals surface area contributed by atoms with Gasteiger partial charge in [0.25, 0.3) is 0 Å². The van der Waals surface area contributed by atoms with Crippen LogP contribution in [0.2, 0.25) is 0 Å². The Balaban J connectivity index is 1.50. The standard InChI is InChI=1S/C26H17F3N2O3/c27-26(28,29)22-10-8-17(33-22)13-23-25(18-5-1-2-6-20(18)31-24(25)32)19-12-15(7-9-21(19)34-23)16-4-3-11-30-14-16/h1-12,14,23H,13H2,(H,31,32)/t23-,25?/m1/s1. The Kier molecular flexibility index (Phi) is 4.36. The number of aromatic nitrogens is 1. The van der Waals surface area contributed by atoms with Gasteiger partial charge in [0.1, 0.15) is 23.0 Å². The van der Waals surface area contributed by atoms with Crippen LogP contribution in [0.4, 0.5) is 18.9 Å². The van der Waals surface area contributed by atoms with Gasteiger partial charge in [0.2, 0.25) is 11.7 Å². The number of nitrogens with one attached hydrogen (secondary N) is 1. The van der Waals surface area contributed by atoms with Crippen LogP contribution in [0.1, 0.15) is 22.6 Å². The van der Waals surface area contributed by atoms with Gasteiger partial charge < -0.3 is 14.5 Å². The number of amides is 1. The molecule has 2 aliphatic heterocycles. The van der Waals surface area contributed by atoms with E-state index in [0.717, 1.165) is 22.8 Å². The quantitative estimate of drug-likeness (QED) is 0.430. The fourth-order valence-corrected chi connectivity index (χ4v) is 4.95. The van der Waals surface area contributed by atoms with E-state index in [9.17, 15) is 18.0 Å². The summed E-state index contributed by atoms with van der Waals surface area (Å²) in [6.07, 6.45) is -2.01. The van der Waals surface area contributed by atoms with E-state index in [0.29, 0.717) is 17.0 Å². The predicted molar refractivity (Wildman–Crippen MR) is 117 cm³/mol. The van der Waals surface area contributed by atoms with E-state index in [1.807, 2.05) is 42.5 Å². The average molecular weight is 462 g/mol. The molecule has 1 N–H and O–H groups in total. The van der Waals surface area contributed by atoms with E-state index in [1.54, 1.807) is 24.5 Å². The van der Waals surface area contributed by atoms with Crippen LogP contribution in [-0.4, -0.2) is 17.0 Å². The number of ether oxygens (including phenoxy) is 1. The highest BCUT2D eigenvalue weighted by Crippen LogP contribution is 2.54. The Morgan fingerprint density at radius 3 is 2.59 bits per heavy atom. The molecule has 2 aromatic carbocycles. The first-order chi connectivity index (χ1) is 16.4. The lowest BCUT2D eigenvalue weighted by atomic mass is 9.71. The molecule has 4 aromatic rings. The molecule has 0 radical (unpaired) electrons. The molecular weight excluding hydrogens is 445 g/mol. The smallest absolute Gasteiger partial charge is 0.449 e. The van der Waals surface area contributed by atoms with Gasteiger partial charge in [-0.1, -0.05) is 30.3 Å². The summed E-state index contributed by atoms with van der Waals surface area (Å²) in [4.78, 5) is 17.8. The van der Waals surface area contributed by atoms with Crippen molar-refractivity contribution in [3.8, 4) is 16.9 Å². The average Bonchev–Trinajstić information content (AvgIpc) is 3.51. The Bertz CT molecular complexity index is 1410. The number of anilines is 1. The fourth-order valence-electron chi connectivity index (χ4n) is 4.95. The van der Waals surface area contributed by atoms with E-state index in [1.165, 1.54) is 6.07 Å². The lowest BCUT2D eigenvalue weighted by Crippen LogP contribution is -2.46. The summed E-state index contributed by atoms with van der Waals surface area (Å²) in [6, 6.07) is 18.8.